The van der Waals surface area contributed by atoms with Crippen molar-refractivity contribution in [1.82, 2.24) is 15.5 Å². The van der Waals surface area contributed by atoms with E-state index in [1.807, 2.05) is 24.3 Å². The second kappa shape index (κ2) is 5.97. The Morgan fingerprint density at radius 1 is 1.00 bits per heavy atom. The van der Waals surface area contributed by atoms with Gasteiger partial charge in [0.25, 0.3) is 0 Å². The Labute approximate surface area is 161 Å². The van der Waals surface area contributed by atoms with Crippen LogP contribution in [0.15, 0.2) is 51.8 Å². The van der Waals surface area contributed by atoms with Gasteiger partial charge in [-0.3, -0.25) is 9.51 Å². The molecule has 0 aliphatic carbocycles. The fraction of sp³-hybridized carbons (Fsp3) is 0.333. The predicted molar refractivity (Wildman–Crippen MR) is 104 cm³/mol. The average molecular weight is 376 g/mol. The lowest BCUT2D eigenvalue weighted by molar-refractivity contribution is 0.353. The zero-order valence-corrected chi connectivity index (χ0v) is 15.2. The minimum Gasteiger partial charge on any atom is -0.453 e. The van der Waals surface area contributed by atoms with Crippen LogP contribution in [-0.4, -0.2) is 28.3 Å². The van der Waals surface area contributed by atoms with Crippen LogP contribution in [0.25, 0.3) is 11.4 Å². The molecule has 3 aromatic rings. The lowest BCUT2D eigenvalue weighted by atomic mass is 9.95. The Balaban J connectivity index is 1.45. The molecule has 7 nitrogen and oxygen atoms in total. The molecule has 6 rings (SSSR count). The summed E-state index contributed by atoms with van der Waals surface area (Å²) in [6, 6.07) is 15.7. The molecule has 0 saturated carbocycles. The first-order valence-electron chi connectivity index (χ1n) is 9.77. The lowest BCUT2D eigenvalue weighted by Gasteiger charge is -2.42. The van der Waals surface area contributed by atoms with Crippen LogP contribution in [0.3, 0.4) is 0 Å². The molecule has 2 aromatic carbocycles. The number of hydrogen-bond acceptors (Lipinski definition) is 6. The van der Waals surface area contributed by atoms with Crippen LogP contribution in [0.5, 0.6) is 11.5 Å². The van der Waals surface area contributed by atoms with Crippen LogP contribution < -0.4 is 20.7 Å². The number of piperidine rings is 1. The van der Waals surface area contributed by atoms with Gasteiger partial charge in [0.1, 0.15) is 0 Å². The number of hydrogen-bond donors (Lipinski definition) is 2. The van der Waals surface area contributed by atoms with Crippen molar-refractivity contribution in [2.45, 2.75) is 43.8 Å². The van der Waals surface area contributed by atoms with Gasteiger partial charge in [0, 0.05) is 23.7 Å². The summed E-state index contributed by atoms with van der Waals surface area (Å²) in [6.07, 6.45) is 4.78. The zero-order valence-electron chi connectivity index (χ0n) is 15.2. The molecule has 2 bridgehead atoms. The van der Waals surface area contributed by atoms with Crippen LogP contribution in [-0.2, 0) is 0 Å². The van der Waals surface area contributed by atoms with Gasteiger partial charge in [0.05, 0.1) is 11.4 Å². The molecule has 2 saturated heterocycles. The second-order valence-corrected chi connectivity index (χ2v) is 7.83. The van der Waals surface area contributed by atoms with E-state index < -0.39 is 5.76 Å². The van der Waals surface area contributed by atoms with Crippen LogP contribution in [0.2, 0.25) is 0 Å². The molecule has 0 radical (unpaired) electrons. The molecule has 142 valence electrons. The van der Waals surface area contributed by atoms with E-state index in [-0.39, 0.29) is 0 Å². The molecule has 2 N–H and O–H groups in total. The van der Waals surface area contributed by atoms with E-state index in [0.29, 0.717) is 23.9 Å². The van der Waals surface area contributed by atoms with Crippen molar-refractivity contribution >= 4 is 11.4 Å². The number of rotatable bonds is 2. The Hall–Kier alpha value is -3.06. The summed E-state index contributed by atoms with van der Waals surface area (Å²) < 4.78 is 10.9. The fourth-order valence-corrected chi connectivity index (χ4v) is 4.92. The average Bonchev–Trinajstić information content (AvgIpc) is 3.30. The third-order valence-corrected chi connectivity index (χ3v) is 6.09. The summed E-state index contributed by atoms with van der Waals surface area (Å²) in [6.45, 7) is 0. The van der Waals surface area contributed by atoms with Gasteiger partial charge in [-0.2, -0.15) is 0 Å². The maximum Gasteiger partial charge on any atom is 0.439 e. The topological polar surface area (TPSA) is 83.4 Å². The van der Waals surface area contributed by atoms with Crippen molar-refractivity contribution in [3.8, 4) is 22.9 Å². The first kappa shape index (κ1) is 15.9. The van der Waals surface area contributed by atoms with Crippen molar-refractivity contribution in [2.24, 2.45) is 0 Å². The molecule has 0 spiro atoms. The number of aromatic amines is 1. The predicted octanol–water partition coefficient (Wildman–Crippen LogP) is 3.56. The third kappa shape index (κ3) is 2.46. The van der Waals surface area contributed by atoms with Gasteiger partial charge in [-0.15, -0.1) is 0 Å². The smallest absolute Gasteiger partial charge is 0.439 e. The minimum atomic E-state index is -0.564. The molecule has 3 aliphatic heterocycles. The maximum atomic E-state index is 11.3. The molecule has 0 amide bonds. The van der Waals surface area contributed by atoms with E-state index >= 15 is 0 Å². The monoisotopic (exact) mass is 376 g/mol. The van der Waals surface area contributed by atoms with Gasteiger partial charge in [-0.25, -0.2) is 4.79 Å². The van der Waals surface area contributed by atoms with Crippen molar-refractivity contribution in [2.75, 3.05) is 4.90 Å². The highest BCUT2D eigenvalue weighted by atomic mass is 16.5. The molecular formula is C21H20N4O3. The Bertz CT molecular complexity index is 1090. The van der Waals surface area contributed by atoms with Crippen LogP contribution >= 0.6 is 0 Å². The van der Waals surface area contributed by atoms with Crippen LogP contribution in [0, 0.1) is 0 Å². The van der Waals surface area contributed by atoms with Crippen LogP contribution in [0.1, 0.15) is 25.7 Å². The number of nitrogens with one attached hydrogen (secondary N) is 2. The number of anilines is 2. The van der Waals surface area contributed by atoms with Gasteiger partial charge in [0.15, 0.2) is 17.3 Å². The van der Waals surface area contributed by atoms with Gasteiger partial charge >= 0.3 is 5.76 Å². The summed E-state index contributed by atoms with van der Waals surface area (Å²) in [5.41, 5.74) is 2.93. The van der Waals surface area contributed by atoms with E-state index in [9.17, 15) is 4.79 Å². The number of H-pyrrole nitrogens is 1. The van der Waals surface area contributed by atoms with Gasteiger partial charge in [-0.05, 0) is 56.0 Å². The standard InChI is InChI=1S/C21H20N4O3/c26-21-23-20(24-28-21)12-5-8-17-19(9-12)27-18-4-2-1-3-16(18)25(17)15-10-13-6-7-14(11-15)22-13/h1-5,8-9,13-15,22H,6-7,10-11H2,(H,23,24,26)/t13-,14+,15-. The second-order valence-electron chi connectivity index (χ2n) is 7.83. The number of nitrogens with zero attached hydrogens (tertiary/aromatic N) is 2. The highest BCUT2D eigenvalue weighted by Crippen LogP contribution is 2.50. The summed E-state index contributed by atoms with van der Waals surface area (Å²) in [7, 11) is 0. The molecule has 0 unspecified atom stereocenters. The van der Waals surface area contributed by atoms with Crippen molar-refractivity contribution in [3.63, 3.8) is 0 Å². The maximum absolute atomic E-state index is 11.3. The first-order valence-corrected chi connectivity index (χ1v) is 9.77. The van der Waals surface area contributed by atoms with Crippen LogP contribution in [0.4, 0.5) is 11.4 Å². The van der Waals surface area contributed by atoms with E-state index in [2.05, 4.69) is 43.1 Å². The third-order valence-electron chi connectivity index (χ3n) is 6.09. The number of para-hydroxylation sites is 2. The number of ether oxygens (including phenoxy) is 1. The summed E-state index contributed by atoms with van der Waals surface area (Å²) in [4.78, 5) is 16.4. The highest BCUT2D eigenvalue weighted by molar-refractivity contribution is 5.80. The molecule has 1 aromatic heterocycles. The fourth-order valence-electron chi connectivity index (χ4n) is 4.92. The minimum absolute atomic E-state index is 0.404. The Morgan fingerprint density at radius 3 is 2.57 bits per heavy atom. The number of benzene rings is 2. The van der Waals surface area contributed by atoms with E-state index in [1.54, 1.807) is 0 Å². The van der Waals surface area contributed by atoms with Crippen molar-refractivity contribution < 1.29 is 9.26 Å². The Kier molecular flexibility index (Phi) is 3.40. The normalized spacial score (nSPS) is 25.1. The van der Waals surface area contributed by atoms with Crippen molar-refractivity contribution in [3.05, 3.63) is 53.0 Å². The molecule has 4 heterocycles. The van der Waals surface area contributed by atoms with E-state index in [4.69, 9.17) is 4.74 Å². The highest BCUT2D eigenvalue weighted by Gasteiger charge is 2.39. The molecule has 7 heteroatoms. The number of aromatic nitrogens is 2. The lowest BCUT2D eigenvalue weighted by Crippen LogP contribution is -2.47. The largest absolute Gasteiger partial charge is 0.453 e. The molecule has 2 fully saturated rings. The molecule has 3 atom stereocenters. The summed E-state index contributed by atoms with van der Waals surface area (Å²) in [5, 5.41) is 7.53. The van der Waals surface area contributed by atoms with Gasteiger partial charge in [0.2, 0.25) is 0 Å². The zero-order chi connectivity index (χ0) is 18.7. The van der Waals surface area contributed by atoms with E-state index in [0.717, 1.165) is 41.3 Å². The quantitative estimate of drug-likeness (QED) is 0.712. The van der Waals surface area contributed by atoms with Crippen molar-refractivity contribution in [1.29, 1.82) is 0 Å². The number of fused-ring (bicyclic) bond motifs is 4. The summed E-state index contributed by atoms with van der Waals surface area (Å²) in [5.74, 6) is 1.46. The Morgan fingerprint density at radius 2 is 1.79 bits per heavy atom. The molecular weight excluding hydrogens is 356 g/mol. The SMILES string of the molecule is O=c1[nH]c(-c2ccc3c(c2)Oc2ccccc2N3[C@@H]2C[C@H]3CC[C@@H](C2)N3)no1. The van der Waals surface area contributed by atoms with E-state index in [1.165, 1.54) is 12.8 Å². The van der Waals surface area contributed by atoms with Gasteiger partial charge in [-0.1, -0.05) is 17.3 Å². The van der Waals surface area contributed by atoms with Gasteiger partial charge < -0.3 is 15.0 Å². The molecule has 28 heavy (non-hydrogen) atoms. The summed E-state index contributed by atoms with van der Waals surface area (Å²) >= 11 is 0. The molecule has 3 aliphatic rings. The first-order chi connectivity index (χ1) is 13.7.